The van der Waals surface area contributed by atoms with Crippen LogP contribution in [-0.2, 0) is 4.74 Å². The Bertz CT molecular complexity index is 878. The summed E-state index contributed by atoms with van der Waals surface area (Å²) in [5.41, 5.74) is 0.499. The third-order valence-electron chi connectivity index (χ3n) is 3.70. The van der Waals surface area contributed by atoms with Gasteiger partial charge in [-0.05, 0) is 32.0 Å². The van der Waals surface area contributed by atoms with E-state index in [1.165, 1.54) is 30.0 Å². The van der Waals surface area contributed by atoms with Crippen molar-refractivity contribution in [3.05, 3.63) is 63.1 Å². The number of aromatic hydroxyl groups is 1. The van der Waals surface area contributed by atoms with Crippen molar-refractivity contribution in [3.8, 4) is 11.8 Å². The summed E-state index contributed by atoms with van der Waals surface area (Å²) in [5, 5.41) is 19.1. The summed E-state index contributed by atoms with van der Waals surface area (Å²) < 4.78 is 6.35. The second kappa shape index (κ2) is 7.11. The predicted octanol–water partition coefficient (Wildman–Crippen LogP) is 2.17. The first kappa shape index (κ1) is 17.4. The Morgan fingerprint density at radius 3 is 2.75 bits per heavy atom. The van der Waals surface area contributed by atoms with E-state index >= 15 is 0 Å². The topological polar surface area (TPSA) is 92.3 Å². The standard InChI is InChI=1S/C18H18N2O4/c1-11-4-5-16(21)15(6-11)17(22)14-7-13(8-19)18(23)20(9-14)12(2)10-24-3/h4-7,9,12,21H,10H2,1-3H3/t12-/m0/s1. The number of ether oxygens (including phenoxy) is 1. The average Bonchev–Trinajstić information content (AvgIpc) is 2.56. The molecule has 0 aliphatic rings. The number of methoxy groups -OCH3 is 1. The van der Waals surface area contributed by atoms with Crippen LogP contribution in [0.3, 0.4) is 0 Å². The number of phenolic OH excluding ortho intramolecular Hbond substituents is 1. The van der Waals surface area contributed by atoms with E-state index in [0.29, 0.717) is 0 Å². The molecule has 1 heterocycles. The maximum atomic E-state index is 12.7. The van der Waals surface area contributed by atoms with Crippen LogP contribution in [-0.4, -0.2) is 29.2 Å². The van der Waals surface area contributed by atoms with Crippen LogP contribution in [0.4, 0.5) is 0 Å². The van der Waals surface area contributed by atoms with Gasteiger partial charge in [0.15, 0.2) is 5.78 Å². The minimum absolute atomic E-state index is 0.128. The first-order valence-electron chi connectivity index (χ1n) is 7.38. The number of nitrogens with zero attached hydrogens (tertiary/aromatic N) is 2. The number of hydrogen-bond acceptors (Lipinski definition) is 5. The Morgan fingerprint density at radius 1 is 1.42 bits per heavy atom. The monoisotopic (exact) mass is 326 g/mol. The number of ketones is 1. The highest BCUT2D eigenvalue weighted by Gasteiger charge is 2.19. The molecule has 0 unspecified atom stereocenters. The number of aryl methyl sites for hydroxylation is 1. The van der Waals surface area contributed by atoms with E-state index in [-0.39, 0.29) is 35.1 Å². The molecule has 0 saturated carbocycles. The van der Waals surface area contributed by atoms with Gasteiger partial charge in [0.05, 0.1) is 18.2 Å². The van der Waals surface area contributed by atoms with E-state index in [9.17, 15) is 20.0 Å². The molecule has 1 aromatic heterocycles. The summed E-state index contributed by atoms with van der Waals surface area (Å²) in [6, 6.07) is 7.43. The van der Waals surface area contributed by atoms with Crippen molar-refractivity contribution >= 4 is 5.78 Å². The van der Waals surface area contributed by atoms with Crippen molar-refractivity contribution in [1.82, 2.24) is 4.57 Å². The lowest BCUT2D eigenvalue weighted by atomic mass is 10.0. The Morgan fingerprint density at radius 2 is 2.12 bits per heavy atom. The number of pyridine rings is 1. The molecule has 24 heavy (non-hydrogen) atoms. The van der Waals surface area contributed by atoms with Crippen molar-refractivity contribution in [2.45, 2.75) is 19.9 Å². The fraction of sp³-hybridized carbons (Fsp3) is 0.278. The molecule has 0 radical (unpaired) electrons. The van der Waals surface area contributed by atoms with Crippen molar-refractivity contribution in [1.29, 1.82) is 5.26 Å². The van der Waals surface area contributed by atoms with Gasteiger partial charge in [0.2, 0.25) is 0 Å². The van der Waals surface area contributed by atoms with Gasteiger partial charge in [-0.2, -0.15) is 5.26 Å². The molecule has 6 heteroatoms. The van der Waals surface area contributed by atoms with Crippen molar-refractivity contribution in [2.75, 3.05) is 13.7 Å². The third-order valence-corrected chi connectivity index (χ3v) is 3.70. The highest BCUT2D eigenvalue weighted by molar-refractivity contribution is 6.10. The summed E-state index contributed by atoms with van der Waals surface area (Å²) in [5.74, 6) is -0.599. The normalized spacial score (nSPS) is 11.8. The first-order chi connectivity index (χ1) is 11.4. The molecule has 0 aliphatic carbocycles. The summed E-state index contributed by atoms with van der Waals surface area (Å²) in [6.07, 6.45) is 1.40. The van der Waals surface area contributed by atoms with Crippen molar-refractivity contribution in [3.63, 3.8) is 0 Å². The molecule has 2 aromatic rings. The van der Waals surface area contributed by atoms with Gasteiger partial charge in [-0.1, -0.05) is 11.6 Å². The van der Waals surface area contributed by atoms with Gasteiger partial charge in [-0.15, -0.1) is 0 Å². The van der Waals surface area contributed by atoms with E-state index in [2.05, 4.69) is 0 Å². The maximum Gasteiger partial charge on any atom is 0.268 e. The Hall–Kier alpha value is -2.91. The number of phenols is 1. The molecule has 0 bridgehead atoms. The van der Waals surface area contributed by atoms with Crippen LogP contribution in [0, 0.1) is 18.3 Å². The van der Waals surface area contributed by atoms with Gasteiger partial charge in [0, 0.05) is 18.9 Å². The van der Waals surface area contributed by atoms with Gasteiger partial charge >= 0.3 is 0 Å². The van der Waals surface area contributed by atoms with Crippen LogP contribution in [0.15, 0.2) is 35.3 Å². The van der Waals surface area contributed by atoms with E-state index in [0.717, 1.165) is 5.56 Å². The maximum absolute atomic E-state index is 12.7. The lowest BCUT2D eigenvalue weighted by molar-refractivity contribution is 0.103. The lowest BCUT2D eigenvalue weighted by Crippen LogP contribution is -2.28. The number of rotatable bonds is 5. The SMILES string of the molecule is COC[C@H](C)n1cc(C(=O)c2cc(C)ccc2O)cc(C#N)c1=O. The van der Waals surface area contributed by atoms with Crippen LogP contribution >= 0.6 is 0 Å². The molecule has 1 atom stereocenters. The molecule has 124 valence electrons. The fourth-order valence-corrected chi connectivity index (χ4v) is 2.44. The molecular weight excluding hydrogens is 308 g/mol. The predicted molar refractivity (Wildman–Crippen MR) is 88.3 cm³/mol. The Balaban J connectivity index is 2.60. The minimum Gasteiger partial charge on any atom is -0.507 e. The zero-order valence-corrected chi connectivity index (χ0v) is 13.7. The number of carbonyl (C=O) groups is 1. The highest BCUT2D eigenvalue weighted by Crippen LogP contribution is 2.22. The largest absolute Gasteiger partial charge is 0.507 e. The van der Waals surface area contributed by atoms with Crippen LogP contribution in [0.5, 0.6) is 5.75 Å². The molecule has 0 spiro atoms. The highest BCUT2D eigenvalue weighted by atomic mass is 16.5. The average molecular weight is 326 g/mol. The number of carbonyl (C=O) groups excluding carboxylic acids is 1. The molecule has 0 fully saturated rings. The Labute approximate surface area is 139 Å². The molecule has 1 aromatic carbocycles. The summed E-state index contributed by atoms with van der Waals surface area (Å²) in [6.45, 7) is 3.82. The van der Waals surface area contributed by atoms with E-state index in [4.69, 9.17) is 4.74 Å². The second-order valence-corrected chi connectivity index (χ2v) is 5.62. The number of hydrogen-bond donors (Lipinski definition) is 1. The minimum atomic E-state index is -0.480. The third kappa shape index (κ3) is 3.36. The lowest BCUT2D eigenvalue weighted by Gasteiger charge is -2.16. The summed E-state index contributed by atoms with van der Waals surface area (Å²) >= 11 is 0. The quantitative estimate of drug-likeness (QED) is 0.850. The van der Waals surface area contributed by atoms with E-state index in [1.54, 1.807) is 26.0 Å². The molecule has 0 aliphatic heterocycles. The summed E-state index contributed by atoms with van der Waals surface area (Å²) in [7, 11) is 1.51. The second-order valence-electron chi connectivity index (χ2n) is 5.62. The van der Waals surface area contributed by atoms with E-state index < -0.39 is 11.3 Å². The smallest absolute Gasteiger partial charge is 0.268 e. The van der Waals surface area contributed by atoms with E-state index in [1.807, 2.05) is 6.07 Å². The zero-order valence-electron chi connectivity index (χ0n) is 13.7. The van der Waals surface area contributed by atoms with Gasteiger partial charge in [0.25, 0.3) is 5.56 Å². The molecule has 1 N–H and O–H groups in total. The zero-order chi connectivity index (χ0) is 17.9. The van der Waals surface area contributed by atoms with Crippen molar-refractivity contribution in [2.24, 2.45) is 0 Å². The van der Waals surface area contributed by atoms with Crippen LogP contribution < -0.4 is 5.56 Å². The molecule has 0 saturated heterocycles. The number of benzene rings is 1. The molecule has 2 rings (SSSR count). The summed E-state index contributed by atoms with van der Waals surface area (Å²) in [4.78, 5) is 25.0. The number of aromatic nitrogens is 1. The molecular formula is C18H18N2O4. The Kier molecular flexibility index (Phi) is 5.17. The number of nitriles is 1. The van der Waals surface area contributed by atoms with Gasteiger partial charge in [-0.3, -0.25) is 9.59 Å². The molecule has 6 nitrogen and oxygen atoms in total. The molecule has 0 amide bonds. The van der Waals surface area contributed by atoms with Gasteiger partial charge in [-0.25, -0.2) is 0 Å². The fourth-order valence-electron chi connectivity index (χ4n) is 2.44. The van der Waals surface area contributed by atoms with Gasteiger partial charge in [0.1, 0.15) is 17.4 Å². The van der Waals surface area contributed by atoms with Crippen LogP contribution in [0.2, 0.25) is 0 Å². The van der Waals surface area contributed by atoms with Crippen molar-refractivity contribution < 1.29 is 14.6 Å². The first-order valence-corrected chi connectivity index (χ1v) is 7.38. The van der Waals surface area contributed by atoms with Gasteiger partial charge < -0.3 is 14.4 Å². The van der Waals surface area contributed by atoms with Crippen LogP contribution in [0.25, 0.3) is 0 Å². The van der Waals surface area contributed by atoms with Crippen LogP contribution in [0.1, 0.15) is 40.0 Å².